The summed E-state index contributed by atoms with van der Waals surface area (Å²) in [7, 11) is 1.65. The molecule has 0 aliphatic carbocycles. The average Bonchev–Trinajstić information content (AvgIpc) is 2.54. The van der Waals surface area contributed by atoms with Gasteiger partial charge in [0.1, 0.15) is 11.6 Å². The van der Waals surface area contributed by atoms with Crippen LogP contribution in [0.1, 0.15) is 6.92 Å². The largest absolute Gasteiger partial charge is 0.497 e. The molecule has 0 atom stereocenters. The van der Waals surface area contributed by atoms with E-state index < -0.39 is 0 Å². The van der Waals surface area contributed by atoms with Gasteiger partial charge in [0.2, 0.25) is 0 Å². The molecule has 22 heavy (non-hydrogen) atoms. The molecule has 4 nitrogen and oxygen atoms in total. The summed E-state index contributed by atoms with van der Waals surface area (Å²) < 4.78 is 5.18. The number of halogens is 1. The molecule has 5 heteroatoms. The predicted octanol–water partition coefficient (Wildman–Crippen LogP) is 4.39. The van der Waals surface area contributed by atoms with Crippen molar-refractivity contribution >= 4 is 28.3 Å². The first-order valence-corrected chi connectivity index (χ1v) is 7.44. The lowest BCUT2D eigenvalue weighted by molar-refractivity contribution is 0.415. The lowest BCUT2D eigenvalue weighted by Gasteiger charge is -2.10. The molecule has 0 fully saturated rings. The van der Waals surface area contributed by atoms with E-state index in [2.05, 4.69) is 15.3 Å². The summed E-state index contributed by atoms with van der Waals surface area (Å²) in [6.07, 6.45) is 0. The number of benzene rings is 2. The van der Waals surface area contributed by atoms with Gasteiger partial charge in [0.15, 0.2) is 5.82 Å². The fourth-order valence-corrected chi connectivity index (χ4v) is 2.44. The quantitative estimate of drug-likeness (QED) is 0.776. The molecular formula is C17H16ClN3O. The second kappa shape index (κ2) is 6.20. The van der Waals surface area contributed by atoms with Gasteiger partial charge in [-0.1, -0.05) is 11.6 Å². The molecule has 0 aliphatic rings. The number of methoxy groups -OCH3 is 1. The maximum Gasteiger partial charge on any atom is 0.162 e. The van der Waals surface area contributed by atoms with E-state index in [-0.39, 0.29) is 0 Å². The zero-order chi connectivity index (χ0) is 15.5. The third-order valence-corrected chi connectivity index (χ3v) is 3.59. The van der Waals surface area contributed by atoms with Gasteiger partial charge in [-0.05, 0) is 49.4 Å². The summed E-state index contributed by atoms with van der Waals surface area (Å²) in [6, 6.07) is 13.3. The molecule has 0 unspecified atom stereocenters. The minimum absolute atomic E-state index is 0.661. The lowest BCUT2D eigenvalue weighted by Crippen LogP contribution is -2.03. The molecule has 1 N–H and O–H groups in total. The SMILES string of the molecule is CCNc1nc(-c2ccc(OC)cc2)nc2cc(Cl)ccc12. The third kappa shape index (κ3) is 2.83. The zero-order valence-corrected chi connectivity index (χ0v) is 13.2. The summed E-state index contributed by atoms with van der Waals surface area (Å²) in [6.45, 7) is 2.83. The molecule has 0 radical (unpaired) electrons. The van der Waals surface area contributed by atoms with E-state index >= 15 is 0 Å². The Labute approximate surface area is 134 Å². The first-order chi connectivity index (χ1) is 10.7. The molecule has 3 rings (SSSR count). The Balaban J connectivity index is 2.15. The van der Waals surface area contributed by atoms with Gasteiger partial charge in [0.05, 0.1) is 12.6 Å². The zero-order valence-electron chi connectivity index (χ0n) is 12.4. The van der Waals surface area contributed by atoms with Gasteiger partial charge in [-0.15, -0.1) is 0 Å². The Kier molecular flexibility index (Phi) is 4.11. The number of hydrogen-bond donors (Lipinski definition) is 1. The van der Waals surface area contributed by atoms with E-state index in [1.54, 1.807) is 7.11 Å². The molecular weight excluding hydrogens is 298 g/mol. The Morgan fingerprint density at radius 1 is 1.09 bits per heavy atom. The number of aromatic nitrogens is 2. The molecule has 0 amide bonds. The second-order valence-electron chi connectivity index (χ2n) is 4.82. The number of nitrogens with one attached hydrogen (secondary N) is 1. The molecule has 0 saturated carbocycles. The molecule has 1 heterocycles. The minimum Gasteiger partial charge on any atom is -0.497 e. The van der Waals surface area contributed by atoms with Crippen LogP contribution < -0.4 is 10.1 Å². The van der Waals surface area contributed by atoms with E-state index in [1.165, 1.54) is 0 Å². The second-order valence-corrected chi connectivity index (χ2v) is 5.25. The van der Waals surface area contributed by atoms with Gasteiger partial charge in [-0.3, -0.25) is 0 Å². The molecule has 0 saturated heterocycles. The monoisotopic (exact) mass is 313 g/mol. The standard InChI is InChI=1S/C17H16ClN3O/c1-3-19-17-14-9-6-12(18)10-15(14)20-16(21-17)11-4-7-13(22-2)8-5-11/h4-10H,3H2,1-2H3,(H,19,20,21). The highest BCUT2D eigenvalue weighted by molar-refractivity contribution is 6.31. The van der Waals surface area contributed by atoms with E-state index in [4.69, 9.17) is 16.3 Å². The highest BCUT2D eigenvalue weighted by Gasteiger charge is 2.09. The molecule has 0 spiro atoms. The van der Waals surface area contributed by atoms with Crippen LogP contribution in [0.3, 0.4) is 0 Å². The number of anilines is 1. The van der Waals surface area contributed by atoms with Crippen molar-refractivity contribution in [3.05, 3.63) is 47.5 Å². The van der Waals surface area contributed by atoms with E-state index in [0.29, 0.717) is 10.8 Å². The fourth-order valence-electron chi connectivity index (χ4n) is 2.27. The normalized spacial score (nSPS) is 10.7. The Hall–Kier alpha value is -2.33. The number of rotatable bonds is 4. The maximum absolute atomic E-state index is 6.09. The Morgan fingerprint density at radius 2 is 1.86 bits per heavy atom. The van der Waals surface area contributed by atoms with Crippen molar-refractivity contribution in [1.29, 1.82) is 0 Å². The molecule has 1 aromatic heterocycles. The van der Waals surface area contributed by atoms with Gasteiger partial charge >= 0.3 is 0 Å². The van der Waals surface area contributed by atoms with Gasteiger partial charge in [-0.25, -0.2) is 9.97 Å². The van der Waals surface area contributed by atoms with Crippen molar-refractivity contribution in [3.8, 4) is 17.1 Å². The van der Waals surface area contributed by atoms with Gasteiger partial charge in [0.25, 0.3) is 0 Å². The topological polar surface area (TPSA) is 47.0 Å². The van der Waals surface area contributed by atoms with Crippen molar-refractivity contribution in [3.63, 3.8) is 0 Å². The maximum atomic E-state index is 6.09. The highest BCUT2D eigenvalue weighted by atomic mass is 35.5. The first-order valence-electron chi connectivity index (χ1n) is 7.07. The van der Waals surface area contributed by atoms with Crippen LogP contribution in [-0.4, -0.2) is 23.6 Å². The van der Waals surface area contributed by atoms with Crippen LogP contribution in [0, 0.1) is 0 Å². The predicted molar refractivity (Wildman–Crippen MR) is 90.7 cm³/mol. The number of hydrogen-bond acceptors (Lipinski definition) is 4. The van der Waals surface area contributed by atoms with E-state index in [0.717, 1.165) is 34.6 Å². The van der Waals surface area contributed by atoms with Gasteiger partial charge in [0, 0.05) is 22.5 Å². The molecule has 2 aromatic carbocycles. The minimum atomic E-state index is 0.661. The third-order valence-electron chi connectivity index (χ3n) is 3.35. The Morgan fingerprint density at radius 3 is 2.55 bits per heavy atom. The average molecular weight is 314 g/mol. The van der Waals surface area contributed by atoms with Crippen LogP contribution >= 0.6 is 11.6 Å². The van der Waals surface area contributed by atoms with E-state index in [9.17, 15) is 0 Å². The summed E-state index contributed by atoms with van der Waals surface area (Å²) in [4.78, 5) is 9.27. The van der Waals surface area contributed by atoms with Crippen molar-refractivity contribution in [2.45, 2.75) is 6.92 Å². The smallest absolute Gasteiger partial charge is 0.162 e. The molecule has 0 bridgehead atoms. The number of ether oxygens (including phenoxy) is 1. The summed E-state index contributed by atoms with van der Waals surface area (Å²) in [5, 5.41) is 4.91. The van der Waals surface area contributed by atoms with Gasteiger partial charge in [-0.2, -0.15) is 0 Å². The van der Waals surface area contributed by atoms with E-state index in [1.807, 2.05) is 49.4 Å². The summed E-state index contributed by atoms with van der Waals surface area (Å²) >= 11 is 6.09. The van der Waals surface area contributed by atoms with Crippen LogP contribution in [0.25, 0.3) is 22.3 Å². The summed E-state index contributed by atoms with van der Waals surface area (Å²) in [5.41, 5.74) is 1.76. The highest BCUT2D eigenvalue weighted by Crippen LogP contribution is 2.27. The van der Waals surface area contributed by atoms with Crippen LogP contribution in [-0.2, 0) is 0 Å². The number of fused-ring (bicyclic) bond motifs is 1. The first kappa shape index (κ1) is 14.6. The lowest BCUT2D eigenvalue weighted by atomic mass is 10.1. The molecule has 3 aromatic rings. The van der Waals surface area contributed by atoms with Crippen LogP contribution in [0.15, 0.2) is 42.5 Å². The van der Waals surface area contributed by atoms with Crippen molar-refractivity contribution in [2.24, 2.45) is 0 Å². The van der Waals surface area contributed by atoms with Crippen molar-refractivity contribution < 1.29 is 4.74 Å². The molecule has 0 aliphatic heterocycles. The Bertz CT molecular complexity index is 803. The fraction of sp³-hybridized carbons (Fsp3) is 0.176. The summed E-state index contributed by atoms with van der Waals surface area (Å²) in [5.74, 6) is 2.28. The van der Waals surface area contributed by atoms with Crippen LogP contribution in [0.2, 0.25) is 5.02 Å². The van der Waals surface area contributed by atoms with Crippen molar-refractivity contribution in [1.82, 2.24) is 9.97 Å². The van der Waals surface area contributed by atoms with Crippen LogP contribution in [0.5, 0.6) is 5.75 Å². The van der Waals surface area contributed by atoms with Crippen molar-refractivity contribution in [2.75, 3.05) is 19.0 Å². The number of nitrogens with zero attached hydrogens (tertiary/aromatic N) is 2. The van der Waals surface area contributed by atoms with Gasteiger partial charge < -0.3 is 10.1 Å². The molecule has 112 valence electrons. The van der Waals surface area contributed by atoms with Crippen LogP contribution in [0.4, 0.5) is 5.82 Å².